The SMILES string of the molecule is OCC1OCC(Oc2nc3c(F)c(-c4ccc(N5CCC(O)C5)cc4)c(F)cc3[nH]2)CC1O. The van der Waals surface area contributed by atoms with Gasteiger partial charge >= 0.3 is 0 Å². The monoisotopic (exact) mass is 461 g/mol. The largest absolute Gasteiger partial charge is 0.459 e. The Balaban J connectivity index is 1.38. The van der Waals surface area contributed by atoms with Gasteiger partial charge in [0.2, 0.25) is 0 Å². The van der Waals surface area contributed by atoms with Crippen LogP contribution in [-0.4, -0.2) is 76.0 Å². The molecular formula is C23H25F2N3O5. The van der Waals surface area contributed by atoms with Crippen molar-refractivity contribution >= 4 is 16.7 Å². The molecule has 3 aromatic rings. The molecule has 3 heterocycles. The van der Waals surface area contributed by atoms with Crippen LogP contribution in [0, 0.1) is 11.6 Å². The number of ether oxygens (including phenoxy) is 2. The molecule has 4 unspecified atom stereocenters. The summed E-state index contributed by atoms with van der Waals surface area (Å²) in [5.74, 6) is -1.54. The van der Waals surface area contributed by atoms with Gasteiger partial charge in [-0.25, -0.2) is 8.78 Å². The van der Waals surface area contributed by atoms with E-state index in [9.17, 15) is 14.6 Å². The Morgan fingerprint density at radius 2 is 2.00 bits per heavy atom. The number of aliphatic hydroxyl groups excluding tert-OH is 3. The van der Waals surface area contributed by atoms with Crippen molar-refractivity contribution in [2.45, 2.75) is 37.3 Å². The first-order valence-corrected chi connectivity index (χ1v) is 10.9. The first-order valence-electron chi connectivity index (χ1n) is 10.9. The fourth-order valence-corrected chi connectivity index (χ4v) is 4.44. The van der Waals surface area contributed by atoms with Crippen molar-refractivity contribution < 1.29 is 33.6 Å². The Bertz CT molecular complexity index is 1140. The van der Waals surface area contributed by atoms with Crippen molar-refractivity contribution in [3.63, 3.8) is 0 Å². The molecule has 4 atom stereocenters. The minimum Gasteiger partial charge on any atom is -0.459 e. The molecule has 2 aromatic carbocycles. The lowest BCUT2D eigenvalue weighted by molar-refractivity contribution is -0.131. The van der Waals surface area contributed by atoms with E-state index in [2.05, 4.69) is 9.97 Å². The number of imidazole rings is 1. The zero-order valence-electron chi connectivity index (χ0n) is 17.7. The summed E-state index contributed by atoms with van der Waals surface area (Å²) >= 11 is 0. The normalized spacial score (nSPS) is 25.7. The van der Waals surface area contributed by atoms with Gasteiger partial charge in [0, 0.05) is 31.3 Å². The van der Waals surface area contributed by atoms with E-state index in [0.29, 0.717) is 18.5 Å². The molecule has 33 heavy (non-hydrogen) atoms. The van der Waals surface area contributed by atoms with Gasteiger partial charge in [-0.15, -0.1) is 0 Å². The number of H-pyrrole nitrogens is 1. The lowest BCUT2D eigenvalue weighted by atomic mass is 10.0. The Morgan fingerprint density at radius 1 is 1.21 bits per heavy atom. The highest BCUT2D eigenvalue weighted by Gasteiger charge is 2.31. The molecule has 10 heteroatoms. The van der Waals surface area contributed by atoms with Crippen LogP contribution < -0.4 is 9.64 Å². The number of aromatic amines is 1. The van der Waals surface area contributed by atoms with Crippen LogP contribution in [0.15, 0.2) is 30.3 Å². The molecule has 0 radical (unpaired) electrons. The van der Waals surface area contributed by atoms with Gasteiger partial charge in [-0.1, -0.05) is 12.1 Å². The molecule has 4 N–H and O–H groups in total. The number of nitrogens with zero attached hydrogens (tertiary/aromatic N) is 2. The second kappa shape index (κ2) is 8.86. The highest BCUT2D eigenvalue weighted by atomic mass is 19.1. The third-order valence-electron chi connectivity index (χ3n) is 6.22. The first-order chi connectivity index (χ1) is 15.9. The fraction of sp³-hybridized carbons (Fsp3) is 0.435. The lowest BCUT2D eigenvalue weighted by Gasteiger charge is -2.31. The molecule has 2 saturated heterocycles. The van der Waals surface area contributed by atoms with Crippen molar-refractivity contribution in [3.05, 3.63) is 42.0 Å². The maximum atomic E-state index is 15.3. The summed E-state index contributed by atoms with van der Waals surface area (Å²) < 4.78 is 41.2. The van der Waals surface area contributed by atoms with Crippen LogP contribution in [-0.2, 0) is 4.74 Å². The zero-order chi connectivity index (χ0) is 23.1. The van der Waals surface area contributed by atoms with Crippen LogP contribution in [0.3, 0.4) is 0 Å². The van der Waals surface area contributed by atoms with Crippen LogP contribution in [0.5, 0.6) is 6.01 Å². The van der Waals surface area contributed by atoms with Crippen molar-refractivity contribution in [2.24, 2.45) is 0 Å². The third-order valence-corrected chi connectivity index (χ3v) is 6.22. The Labute approximate surface area is 188 Å². The smallest absolute Gasteiger partial charge is 0.295 e. The quantitative estimate of drug-likeness (QED) is 0.460. The highest BCUT2D eigenvalue weighted by molar-refractivity contribution is 5.84. The van der Waals surface area contributed by atoms with Gasteiger partial charge in [0.1, 0.15) is 23.5 Å². The van der Waals surface area contributed by atoms with E-state index in [0.717, 1.165) is 12.2 Å². The maximum absolute atomic E-state index is 15.3. The summed E-state index contributed by atoms with van der Waals surface area (Å²) in [6, 6.07) is 8.03. The first kappa shape index (κ1) is 22.0. The number of rotatable bonds is 5. The highest BCUT2D eigenvalue weighted by Crippen LogP contribution is 2.34. The molecule has 2 aliphatic heterocycles. The maximum Gasteiger partial charge on any atom is 0.295 e. The van der Waals surface area contributed by atoms with Gasteiger partial charge in [-0.2, -0.15) is 4.98 Å². The molecule has 2 aliphatic rings. The number of aliphatic hydroxyl groups is 3. The second-order valence-electron chi connectivity index (χ2n) is 8.52. The van der Waals surface area contributed by atoms with Crippen molar-refractivity contribution in [1.29, 1.82) is 0 Å². The summed E-state index contributed by atoms with van der Waals surface area (Å²) in [7, 11) is 0. The summed E-state index contributed by atoms with van der Waals surface area (Å²) in [6.45, 7) is 1.09. The predicted molar refractivity (Wildman–Crippen MR) is 116 cm³/mol. The third kappa shape index (κ3) is 4.26. The van der Waals surface area contributed by atoms with Gasteiger partial charge in [0.25, 0.3) is 6.01 Å². The van der Waals surface area contributed by atoms with Gasteiger partial charge in [0.15, 0.2) is 5.82 Å². The molecule has 2 fully saturated rings. The molecule has 0 bridgehead atoms. The molecule has 176 valence electrons. The van der Waals surface area contributed by atoms with E-state index in [4.69, 9.17) is 14.6 Å². The van der Waals surface area contributed by atoms with Crippen molar-refractivity contribution in [3.8, 4) is 17.1 Å². The summed E-state index contributed by atoms with van der Waals surface area (Å²) in [6.07, 6.45) is -1.57. The number of benzene rings is 2. The van der Waals surface area contributed by atoms with Gasteiger partial charge in [-0.05, 0) is 24.1 Å². The van der Waals surface area contributed by atoms with Gasteiger partial charge < -0.3 is 34.7 Å². The van der Waals surface area contributed by atoms with Crippen molar-refractivity contribution in [1.82, 2.24) is 9.97 Å². The number of nitrogens with one attached hydrogen (secondary N) is 1. The number of aromatic nitrogens is 2. The average Bonchev–Trinajstić information content (AvgIpc) is 3.40. The van der Waals surface area contributed by atoms with Crippen molar-refractivity contribution in [2.75, 3.05) is 31.2 Å². The van der Waals surface area contributed by atoms with Gasteiger partial charge in [0.05, 0.1) is 36.5 Å². The van der Waals surface area contributed by atoms with E-state index in [1.807, 2.05) is 4.90 Å². The number of anilines is 1. The number of β-amino-alcohol motifs (C(OH)–C–C–N with tert-alkyl or cyclic N) is 1. The molecule has 0 aliphatic carbocycles. The lowest BCUT2D eigenvalue weighted by Crippen LogP contribution is -2.45. The number of hydrogen-bond acceptors (Lipinski definition) is 7. The van der Waals surface area contributed by atoms with Crippen LogP contribution in [0.25, 0.3) is 22.2 Å². The number of halogens is 2. The van der Waals surface area contributed by atoms with E-state index >= 15 is 4.39 Å². The molecule has 5 rings (SSSR count). The van der Waals surface area contributed by atoms with Crippen LogP contribution >= 0.6 is 0 Å². The number of fused-ring (bicyclic) bond motifs is 1. The molecule has 0 spiro atoms. The van der Waals surface area contributed by atoms with E-state index in [-0.39, 0.29) is 48.3 Å². The van der Waals surface area contributed by atoms with E-state index in [1.54, 1.807) is 24.3 Å². The topological polar surface area (TPSA) is 111 Å². The standard InChI is InChI=1S/C23H25F2N3O5/c24-16-8-17-22(27-23(26-17)33-15-7-18(31)19(10-29)32-11-15)21(25)20(16)12-1-3-13(4-2-12)28-6-5-14(30)9-28/h1-4,8,14-15,18-19,29-31H,5-7,9-11H2,(H,26,27). The summed E-state index contributed by atoms with van der Waals surface area (Å²) in [4.78, 5) is 8.93. The molecule has 8 nitrogen and oxygen atoms in total. The van der Waals surface area contributed by atoms with Crippen LogP contribution in [0.4, 0.5) is 14.5 Å². The Hall–Kier alpha value is -2.79. The molecule has 0 amide bonds. The van der Waals surface area contributed by atoms with E-state index < -0.39 is 29.9 Å². The average molecular weight is 461 g/mol. The fourth-order valence-electron chi connectivity index (χ4n) is 4.44. The molecule has 0 saturated carbocycles. The number of hydrogen-bond donors (Lipinski definition) is 4. The van der Waals surface area contributed by atoms with E-state index in [1.165, 1.54) is 6.07 Å². The zero-order valence-corrected chi connectivity index (χ0v) is 17.7. The van der Waals surface area contributed by atoms with Crippen LogP contribution in [0.1, 0.15) is 12.8 Å². The predicted octanol–water partition coefficient (Wildman–Crippen LogP) is 1.97. The molecule has 1 aromatic heterocycles. The molecular weight excluding hydrogens is 436 g/mol. The van der Waals surface area contributed by atoms with Crippen LogP contribution in [0.2, 0.25) is 0 Å². The second-order valence-corrected chi connectivity index (χ2v) is 8.52. The van der Waals surface area contributed by atoms with Gasteiger partial charge in [-0.3, -0.25) is 0 Å². The minimum absolute atomic E-state index is 0.00774. The summed E-state index contributed by atoms with van der Waals surface area (Å²) in [5, 5.41) is 28.9. The summed E-state index contributed by atoms with van der Waals surface area (Å²) in [5.41, 5.74) is 1.17. The minimum atomic E-state index is -0.897. The Kier molecular flexibility index (Phi) is 5.92. The Morgan fingerprint density at radius 3 is 2.67 bits per heavy atom.